The Bertz CT molecular complexity index is 1110. The third-order valence-corrected chi connectivity index (χ3v) is 9.40. The number of amides is 3. The van der Waals surface area contributed by atoms with E-state index < -0.39 is 11.2 Å². The smallest absolute Gasteiger partial charge is 0.410 e. The van der Waals surface area contributed by atoms with E-state index in [2.05, 4.69) is 5.32 Å². The molecule has 3 amide bonds. The molecule has 4 rings (SSSR count). The standard InChI is InChI=1S/C36H57N3O6/c1-35(2,3)44-33(41)38(19-10-20-39(34(42)45-36(4,5)6)31-22-29-17-18-30(31)21-29)24-27-15-13-26(14-16-27)23-37-32(40)43-25-28-11-8-7-9-12-28/h7-9,11-12,26-27,29-31H,10,13-25H2,1-6H3,(H,37,40)/t26?,27?,29-,30+,31+/m1/s1. The number of ether oxygens (including phenoxy) is 3. The maximum atomic E-state index is 13.3. The molecular formula is C36H57N3O6. The molecule has 0 heterocycles. The fraction of sp³-hybridized carbons (Fsp3) is 0.750. The molecule has 0 aromatic heterocycles. The number of nitrogens with one attached hydrogen (secondary N) is 1. The Balaban J connectivity index is 1.26. The molecule has 3 aliphatic rings. The highest BCUT2D eigenvalue weighted by atomic mass is 16.6. The molecule has 3 fully saturated rings. The minimum absolute atomic E-state index is 0.230. The molecule has 0 aliphatic heterocycles. The average Bonchev–Trinajstić information content (AvgIpc) is 3.60. The largest absolute Gasteiger partial charge is 0.445 e. The highest BCUT2D eigenvalue weighted by Crippen LogP contribution is 2.47. The van der Waals surface area contributed by atoms with Gasteiger partial charge in [0.15, 0.2) is 0 Å². The third-order valence-electron chi connectivity index (χ3n) is 9.40. The predicted molar refractivity (Wildman–Crippen MR) is 175 cm³/mol. The number of benzene rings is 1. The van der Waals surface area contributed by atoms with Gasteiger partial charge in [-0.1, -0.05) is 36.8 Å². The molecule has 1 aromatic rings. The quantitative estimate of drug-likeness (QED) is 0.252. The number of carbonyl (C=O) groups is 3. The van der Waals surface area contributed by atoms with E-state index in [1.54, 1.807) is 0 Å². The fourth-order valence-corrected chi connectivity index (χ4v) is 7.25. The number of nitrogens with zero attached hydrogens (tertiary/aromatic N) is 2. The van der Waals surface area contributed by atoms with Crippen LogP contribution in [0.15, 0.2) is 30.3 Å². The Morgan fingerprint density at radius 1 is 0.800 bits per heavy atom. The van der Waals surface area contributed by atoms with Crippen molar-refractivity contribution in [2.24, 2.45) is 23.7 Å². The Morgan fingerprint density at radius 2 is 1.44 bits per heavy atom. The van der Waals surface area contributed by atoms with Crippen LogP contribution in [-0.4, -0.2) is 71.5 Å². The molecule has 3 aliphatic carbocycles. The number of rotatable bonds is 11. The monoisotopic (exact) mass is 627 g/mol. The summed E-state index contributed by atoms with van der Waals surface area (Å²) in [4.78, 5) is 42.7. The molecule has 2 bridgehead atoms. The van der Waals surface area contributed by atoms with Crippen LogP contribution in [0.4, 0.5) is 14.4 Å². The third kappa shape index (κ3) is 11.4. The lowest BCUT2D eigenvalue weighted by Crippen LogP contribution is -2.47. The number of carbonyl (C=O) groups excluding carboxylic acids is 3. The Hall–Kier alpha value is -2.97. The molecular weight excluding hydrogens is 570 g/mol. The van der Waals surface area contributed by atoms with Crippen LogP contribution in [0.2, 0.25) is 0 Å². The maximum absolute atomic E-state index is 13.3. The summed E-state index contributed by atoms with van der Waals surface area (Å²) in [5, 5.41) is 2.93. The van der Waals surface area contributed by atoms with Gasteiger partial charge in [0.25, 0.3) is 0 Å². The summed E-state index contributed by atoms with van der Waals surface area (Å²) in [6.07, 6.45) is 8.43. The lowest BCUT2D eigenvalue weighted by molar-refractivity contribution is 0.00707. The first-order chi connectivity index (χ1) is 21.3. The van der Waals surface area contributed by atoms with Crippen molar-refractivity contribution in [1.82, 2.24) is 15.1 Å². The molecule has 0 saturated heterocycles. The van der Waals surface area contributed by atoms with E-state index in [0.29, 0.717) is 56.3 Å². The van der Waals surface area contributed by atoms with Crippen LogP contribution in [-0.2, 0) is 20.8 Å². The normalized spacial score (nSPS) is 24.5. The zero-order valence-corrected chi connectivity index (χ0v) is 28.5. The first kappa shape index (κ1) is 34.9. The molecule has 3 atom stereocenters. The first-order valence-electron chi connectivity index (χ1n) is 17.2. The molecule has 1 N–H and O–H groups in total. The number of fused-ring (bicyclic) bond motifs is 2. The summed E-state index contributed by atoms with van der Waals surface area (Å²) < 4.78 is 17.0. The summed E-state index contributed by atoms with van der Waals surface area (Å²) in [6, 6.07) is 9.89. The Morgan fingerprint density at radius 3 is 2.04 bits per heavy atom. The van der Waals surface area contributed by atoms with E-state index in [1.165, 1.54) is 19.3 Å². The van der Waals surface area contributed by atoms with Gasteiger partial charge in [0, 0.05) is 32.2 Å². The van der Waals surface area contributed by atoms with Gasteiger partial charge >= 0.3 is 18.3 Å². The molecule has 0 unspecified atom stereocenters. The van der Waals surface area contributed by atoms with E-state index in [1.807, 2.05) is 81.7 Å². The molecule has 1 aromatic carbocycles. The van der Waals surface area contributed by atoms with Crippen molar-refractivity contribution >= 4 is 18.3 Å². The van der Waals surface area contributed by atoms with Gasteiger partial charge in [0.2, 0.25) is 0 Å². The number of hydrogen-bond donors (Lipinski definition) is 1. The molecule has 3 saturated carbocycles. The van der Waals surface area contributed by atoms with Crippen LogP contribution in [0.25, 0.3) is 0 Å². The van der Waals surface area contributed by atoms with Crippen LogP contribution in [0.5, 0.6) is 0 Å². The van der Waals surface area contributed by atoms with Gasteiger partial charge in [-0.25, -0.2) is 14.4 Å². The van der Waals surface area contributed by atoms with E-state index in [0.717, 1.165) is 37.7 Å². The summed E-state index contributed by atoms with van der Waals surface area (Å²) >= 11 is 0. The molecule has 252 valence electrons. The van der Waals surface area contributed by atoms with E-state index in [9.17, 15) is 14.4 Å². The highest BCUT2D eigenvalue weighted by Gasteiger charge is 2.44. The molecule has 9 nitrogen and oxygen atoms in total. The van der Waals surface area contributed by atoms with E-state index >= 15 is 0 Å². The Labute approximate surface area is 270 Å². The first-order valence-corrected chi connectivity index (χ1v) is 17.2. The van der Waals surface area contributed by atoms with Gasteiger partial charge in [0.05, 0.1) is 0 Å². The van der Waals surface area contributed by atoms with Crippen molar-refractivity contribution < 1.29 is 28.6 Å². The molecule has 0 spiro atoms. The molecule has 9 heteroatoms. The van der Waals surface area contributed by atoms with Crippen molar-refractivity contribution in [3.8, 4) is 0 Å². The van der Waals surface area contributed by atoms with Crippen LogP contribution in [0.1, 0.15) is 105 Å². The summed E-state index contributed by atoms with van der Waals surface area (Å²) in [5.74, 6) is 2.03. The summed E-state index contributed by atoms with van der Waals surface area (Å²) in [5.41, 5.74) is -0.169. The SMILES string of the molecule is CC(C)(C)OC(=O)N(CCCN(C(=O)OC(C)(C)C)[C@H]1C[C@@H]2CC[C@H]1C2)CC1CCC(CNC(=O)OCc2ccccc2)CC1. The minimum atomic E-state index is -0.584. The zero-order valence-electron chi connectivity index (χ0n) is 28.5. The zero-order chi connectivity index (χ0) is 32.6. The van der Waals surface area contributed by atoms with Crippen molar-refractivity contribution in [3.05, 3.63) is 35.9 Å². The van der Waals surface area contributed by atoms with Gasteiger partial charge in [-0.05, 0) is 122 Å². The van der Waals surface area contributed by atoms with Gasteiger partial charge in [-0.3, -0.25) is 0 Å². The second-order valence-electron chi connectivity index (χ2n) is 15.5. The Kier molecular flexibility index (Phi) is 12.1. The fourth-order valence-electron chi connectivity index (χ4n) is 7.25. The summed E-state index contributed by atoms with van der Waals surface area (Å²) in [6.45, 7) is 14.0. The van der Waals surface area contributed by atoms with Gasteiger partial charge in [-0.15, -0.1) is 0 Å². The van der Waals surface area contributed by atoms with Gasteiger partial charge in [0.1, 0.15) is 17.8 Å². The van der Waals surface area contributed by atoms with Crippen LogP contribution in [0, 0.1) is 23.7 Å². The summed E-state index contributed by atoms with van der Waals surface area (Å²) in [7, 11) is 0. The van der Waals surface area contributed by atoms with Gasteiger partial charge < -0.3 is 29.3 Å². The van der Waals surface area contributed by atoms with E-state index in [-0.39, 0.29) is 30.9 Å². The lowest BCUT2D eigenvalue weighted by atomic mass is 9.81. The minimum Gasteiger partial charge on any atom is -0.445 e. The van der Waals surface area contributed by atoms with E-state index in [4.69, 9.17) is 14.2 Å². The molecule has 45 heavy (non-hydrogen) atoms. The van der Waals surface area contributed by atoms with Crippen LogP contribution < -0.4 is 5.32 Å². The lowest BCUT2D eigenvalue weighted by Gasteiger charge is -2.37. The second kappa shape index (κ2) is 15.5. The molecule has 0 radical (unpaired) electrons. The van der Waals surface area contributed by atoms with Crippen LogP contribution >= 0.6 is 0 Å². The highest BCUT2D eigenvalue weighted by molar-refractivity contribution is 5.69. The van der Waals surface area contributed by atoms with Crippen molar-refractivity contribution in [3.63, 3.8) is 0 Å². The topological polar surface area (TPSA) is 97.4 Å². The van der Waals surface area contributed by atoms with Crippen LogP contribution in [0.3, 0.4) is 0 Å². The maximum Gasteiger partial charge on any atom is 0.410 e. The number of alkyl carbamates (subject to hydrolysis) is 1. The van der Waals surface area contributed by atoms with Crippen molar-refractivity contribution in [2.45, 2.75) is 123 Å². The van der Waals surface area contributed by atoms with Crippen molar-refractivity contribution in [1.29, 1.82) is 0 Å². The second-order valence-corrected chi connectivity index (χ2v) is 15.5. The van der Waals surface area contributed by atoms with Gasteiger partial charge in [-0.2, -0.15) is 0 Å². The van der Waals surface area contributed by atoms with Crippen molar-refractivity contribution in [2.75, 3.05) is 26.2 Å². The predicted octanol–water partition coefficient (Wildman–Crippen LogP) is 7.77. The number of hydrogen-bond acceptors (Lipinski definition) is 6. The average molecular weight is 628 g/mol.